The van der Waals surface area contributed by atoms with Gasteiger partial charge in [-0.2, -0.15) is 4.99 Å². The Morgan fingerprint density at radius 2 is 2.35 bits per heavy atom. The van der Waals surface area contributed by atoms with Crippen LogP contribution in [0.5, 0.6) is 0 Å². The van der Waals surface area contributed by atoms with Gasteiger partial charge in [0.05, 0.1) is 23.9 Å². The van der Waals surface area contributed by atoms with Gasteiger partial charge in [-0.15, -0.1) is 0 Å². The van der Waals surface area contributed by atoms with Crippen molar-refractivity contribution in [2.45, 2.75) is 37.3 Å². The molecule has 0 aromatic heterocycles. The van der Waals surface area contributed by atoms with E-state index in [1.807, 2.05) is 0 Å². The van der Waals surface area contributed by atoms with E-state index in [2.05, 4.69) is 20.9 Å². The van der Waals surface area contributed by atoms with Crippen LogP contribution in [0.25, 0.3) is 0 Å². The molecule has 0 aromatic carbocycles. The van der Waals surface area contributed by atoms with Crippen molar-refractivity contribution in [2.75, 3.05) is 13.6 Å². The largest absolute Gasteiger partial charge is 0.348 e. The first-order chi connectivity index (χ1) is 9.66. The summed E-state index contributed by atoms with van der Waals surface area (Å²) < 4.78 is 5.75. The Kier molecular flexibility index (Phi) is 4.94. The molecule has 8 nitrogen and oxygen atoms in total. The minimum absolute atomic E-state index is 0.164. The van der Waals surface area contributed by atoms with Crippen molar-refractivity contribution in [2.24, 2.45) is 4.99 Å². The number of carbonyl (C=O) groups is 3. The number of aldehydes is 2. The summed E-state index contributed by atoms with van der Waals surface area (Å²) in [6, 6.07) is -1.09. The summed E-state index contributed by atoms with van der Waals surface area (Å²) in [6.45, 7) is 0.548. The van der Waals surface area contributed by atoms with Gasteiger partial charge in [0.15, 0.2) is 6.23 Å². The zero-order valence-corrected chi connectivity index (χ0v) is 11.2. The number of aliphatic imine (C=N–C) groups is 1. The Morgan fingerprint density at radius 3 is 2.95 bits per heavy atom. The fourth-order valence-corrected chi connectivity index (χ4v) is 2.26. The molecule has 2 amide bonds. The van der Waals surface area contributed by atoms with Crippen LogP contribution in [0.1, 0.15) is 12.8 Å². The molecule has 1 fully saturated rings. The van der Waals surface area contributed by atoms with Crippen LogP contribution >= 0.6 is 0 Å². The fraction of sp³-hybridized carbons (Fsp3) is 0.667. The van der Waals surface area contributed by atoms with E-state index in [9.17, 15) is 14.4 Å². The van der Waals surface area contributed by atoms with E-state index in [1.165, 1.54) is 0 Å². The lowest BCUT2D eigenvalue weighted by Crippen LogP contribution is -2.41. The molecule has 110 valence electrons. The second-order valence-electron chi connectivity index (χ2n) is 4.81. The maximum absolute atomic E-state index is 11.4. The first kappa shape index (κ1) is 14.8. The molecule has 0 aromatic rings. The molecule has 0 bridgehead atoms. The van der Waals surface area contributed by atoms with Crippen molar-refractivity contribution in [1.82, 2.24) is 16.0 Å². The molecule has 0 spiro atoms. The number of nitrogens with zero attached hydrogens (tertiary/aromatic N) is 1. The van der Waals surface area contributed by atoms with Gasteiger partial charge in [0.1, 0.15) is 12.6 Å². The molecule has 1 saturated heterocycles. The van der Waals surface area contributed by atoms with Crippen molar-refractivity contribution >= 4 is 24.3 Å². The van der Waals surface area contributed by atoms with Crippen LogP contribution in [-0.2, 0) is 14.3 Å². The van der Waals surface area contributed by atoms with E-state index in [1.54, 1.807) is 7.05 Å². The number of likely N-dealkylation sites (N-methyl/N-ethyl adjacent to an activating group) is 1. The SMILES string of the molecule is CNC(C=O)CC1=NC(=O)NC1OC1CNC(C=O)C1. The van der Waals surface area contributed by atoms with Gasteiger partial charge < -0.3 is 30.3 Å². The highest BCUT2D eigenvalue weighted by Gasteiger charge is 2.33. The van der Waals surface area contributed by atoms with Crippen molar-refractivity contribution < 1.29 is 19.1 Å². The van der Waals surface area contributed by atoms with Crippen molar-refractivity contribution in [3.8, 4) is 0 Å². The Balaban J connectivity index is 1.93. The molecule has 2 rings (SSSR count). The average molecular weight is 282 g/mol. The van der Waals surface area contributed by atoms with Gasteiger partial charge in [-0.05, 0) is 13.5 Å². The van der Waals surface area contributed by atoms with Gasteiger partial charge in [0.2, 0.25) is 0 Å². The number of nitrogens with one attached hydrogen (secondary N) is 3. The molecular formula is C12H18N4O4. The van der Waals surface area contributed by atoms with E-state index in [-0.39, 0.29) is 12.1 Å². The molecule has 3 N–H and O–H groups in total. The summed E-state index contributed by atoms with van der Waals surface area (Å²) >= 11 is 0. The second-order valence-corrected chi connectivity index (χ2v) is 4.81. The van der Waals surface area contributed by atoms with Crippen LogP contribution in [0.3, 0.4) is 0 Å². The topological polar surface area (TPSA) is 109 Å². The van der Waals surface area contributed by atoms with E-state index in [4.69, 9.17) is 4.74 Å². The third-order valence-corrected chi connectivity index (χ3v) is 3.38. The summed E-state index contributed by atoms with van der Waals surface area (Å²) in [7, 11) is 1.66. The standard InChI is InChI=1S/C12H18N4O4/c1-13-7(5-17)3-10-11(16-12(19)15-10)20-9-2-8(6-18)14-4-9/h5-9,11,13-14H,2-4H2,1H3,(H,16,19). The summed E-state index contributed by atoms with van der Waals surface area (Å²) in [4.78, 5) is 36.7. The van der Waals surface area contributed by atoms with Gasteiger partial charge in [0, 0.05) is 13.0 Å². The highest BCUT2D eigenvalue weighted by molar-refractivity contribution is 6.05. The molecule has 8 heteroatoms. The summed E-state index contributed by atoms with van der Waals surface area (Å²) in [6.07, 6.45) is 1.68. The maximum atomic E-state index is 11.4. The van der Waals surface area contributed by atoms with Crippen LogP contribution in [0.15, 0.2) is 4.99 Å². The van der Waals surface area contributed by atoms with Crippen LogP contribution < -0.4 is 16.0 Å². The number of urea groups is 1. The molecule has 0 aliphatic carbocycles. The van der Waals surface area contributed by atoms with Crippen LogP contribution in [-0.4, -0.2) is 62.3 Å². The highest BCUT2D eigenvalue weighted by atomic mass is 16.5. The molecule has 4 atom stereocenters. The van der Waals surface area contributed by atoms with Crippen LogP contribution in [0, 0.1) is 0 Å². The molecule has 0 saturated carbocycles. The number of hydrogen-bond donors (Lipinski definition) is 3. The Labute approximate surface area is 116 Å². The maximum Gasteiger partial charge on any atom is 0.343 e. The first-order valence-electron chi connectivity index (χ1n) is 6.51. The summed E-state index contributed by atoms with van der Waals surface area (Å²) in [5.74, 6) is 0. The quantitative estimate of drug-likeness (QED) is 0.496. The monoisotopic (exact) mass is 282 g/mol. The molecular weight excluding hydrogens is 264 g/mol. The minimum Gasteiger partial charge on any atom is -0.348 e. The molecule has 2 aliphatic heterocycles. The van der Waals surface area contributed by atoms with Gasteiger partial charge in [-0.25, -0.2) is 4.79 Å². The Morgan fingerprint density at radius 1 is 1.55 bits per heavy atom. The number of hydrogen-bond acceptors (Lipinski definition) is 6. The van der Waals surface area contributed by atoms with Crippen molar-refractivity contribution in [1.29, 1.82) is 0 Å². The Hall–Kier alpha value is -1.64. The van der Waals surface area contributed by atoms with Gasteiger partial charge >= 0.3 is 6.03 Å². The van der Waals surface area contributed by atoms with Crippen molar-refractivity contribution in [3.05, 3.63) is 0 Å². The zero-order valence-electron chi connectivity index (χ0n) is 11.2. The average Bonchev–Trinajstić information content (AvgIpc) is 3.03. The predicted octanol–water partition coefficient (Wildman–Crippen LogP) is -1.40. The molecule has 2 aliphatic rings. The summed E-state index contributed by atoms with van der Waals surface area (Å²) in [5.41, 5.74) is 0.496. The number of rotatable bonds is 7. The smallest absolute Gasteiger partial charge is 0.343 e. The Bertz CT molecular complexity index is 426. The molecule has 2 heterocycles. The predicted molar refractivity (Wildman–Crippen MR) is 70.6 cm³/mol. The lowest BCUT2D eigenvalue weighted by atomic mass is 10.1. The minimum atomic E-state index is -0.629. The molecule has 0 radical (unpaired) electrons. The van der Waals surface area contributed by atoms with E-state index in [0.717, 1.165) is 12.6 Å². The van der Waals surface area contributed by atoms with E-state index >= 15 is 0 Å². The van der Waals surface area contributed by atoms with Gasteiger partial charge in [-0.1, -0.05) is 0 Å². The van der Waals surface area contributed by atoms with Crippen molar-refractivity contribution in [3.63, 3.8) is 0 Å². The lowest BCUT2D eigenvalue weighted by molar-refractivity contribution is -0.110. The third-order valence-electron chi connectivity index (χ3n) is 3.38. The molecule has 20 heavy (non-hydrogen) atoms. The number of ether oxygens (including phenoxy) is 1. The second kappa shape index (κ2) is 6.69. The zero-order chi connectivity index (χ0) is 14.5. The molecule has 4 unspecified atom stereocenters. The highest BCUT2D eigenvalue weighted by Crippen LogP contribution is 2.15. The van der Waals surface area contributed by atoms with E-state index in [0.29, 0.717) is 25.1 Å². The first-order valence-corrected chi connectivity index (χ1v) is 6.51. The normalized spacial score (nSPS) is 30.8. The van der Waals surface area contributed by atoms with Gasteiger partial charge in [-0.3, -0.25) is 0 Å². The summed E-state index contributed by atoms with van der Waals surface area (Å²) in [5, 5.41) is 8.42. The van der Waals surface area contributed by atoms with Crippen LogP contribution in [0.2, 0.25) is 0 Å². The van der Waals surface area contributed by atoms with Crippen LogP contribution in [0.4, 0.5) is 4.79 Å². The van der Waals surface area contributed by atoms with E-state index < -0.39 is 18.3 Å². The van der Waals surface area contributed by atoms with Gasteiger partial charge in [0.25, 0.3) is 0 Å². The fourth-order valence-electron chi connectivity index (χ4n) is 2.26. The number of amides is 2. The number of carbonyl (C=O) groups excluding carboxylic acids is 3. The third kappa shape index (κ3) is 3.47. The lowest BCUT2D eigenvalue weighted by Gasteiger charge is -2.20.